The van der Waals surface area contributed by atoms with Crippen molar-refractivity contribution < 1.29 is 23.9 Å². The molecule has 1 aromatic heterocycles. The van der Waals surface area contributed by atoms with E-state index in [-0.39, 0.29) is 23.6 Å². The summed E-state index contributed by atoms with van der Waals surface area (Å²) < 4.78 is 18.4. The second kappa shape index (κ2) is 10.5. The number of thioether (sulfide) groups is 1. The normalized spacial score (nSPS) is 16.9. The van der Waals surface area contributed by atoms with Crippen LogP contribution in [0.3, 0.4) is 0 Å². The van der Waals surface area contributed by atoms with E-state index in [1.54, 1.807) is 23.9 Å². The van der Waals surface area contributed by atoms with Gasteiger partial charge >= 0.3 is 0 Å². The summed E-state index contributed by atoms with van der Waals surface area (Å²) in [5.74, 6) is 0.270. The van der Waals surface area contributed by atoms with Crippen molar-refractivity contribution in [3.63, 3.8) is 0 Å². The molecule has 0 saturated carbocycles. The van der Waals surface area contributed by atoms with Gasteiger partial charge in [0, 0.05) is 29.2 Å². The van der Waals surface area contributed by atoms with Crippen molar-refractivity contribution in [2.45, 2.75) is 23.8 Å². The fraction of sp³-hybridized carbons (Fsp3) is 0.389. The monoisotopic (exact) mass is 425 g/mol. The first kappa shape index (κ1) is 20.7. The van der Waals surface area contributed by atoms with E-state index in [1.165, 1.54) is 0 Å². The van der Waals surface area contributed by atoms with Crippen molar-refractivity contribution >= 4 is 39.8 Å². The number of benzene rings is 1. The number of ether oxygens (including phenoxy) is 1. The third kappa shape index (κ3) is 5.99. The Morgan fingerprint density at radius 2 is 2.29 bits per heavy atom. The average molecular weight is 426 g/mol. The van der Waals surface area contributed by atoms with Crippen molar-refractivity contribution in [2.75, 3.05) is 30.9 Å². The molecule has 2 N–H and O–H groups in total. The number of amides is 1. The molecule has 0 aliphatic carbocycles. The summed E-state index contributed by atoms with van der Waals surface area (Å²) in [6, 6.07) is 7.30. The van der Waals surface area contributed by atoms with E-state index in [0.717, 1.165) is 28.2 Å². The molecule has 1 amide bonds. The van der Waals surface area contributed by atoms with E-state index in [0.29, 0.717) is 31.6 Å². The highest BCUT2D eigenvalue weighted by molar-refractivity contribution is 7.99. The standard InChI is InChI=1S/C18H20FN3O4S2/c19-15-10-20-18(28-15)21-17(24)16(22-26-13-6-8-25-11-13)12-2-4-14(5-3-12)27-9-1-7-23/h2-5,10,13,23H,1,6-9,11H2,(H,20,21,24)/b22-16+/t13-/m1/s1. The first-order valence-corrected chi connectivity index (χ1v) is 10.5. The number of oxime groups is 1. The molecule has 1 saturated heterocycles. The van der Waals surface area contributed by atoms with E-state index in [9.17, 15) is 9.18 Å². The van der Waals surface area contributed by atoms with Crippen LogP contribution < -0.4 is 5.32 Å². The second-order valence-electron chi connectivity index (χ2n) is 5.90. The van der Waals surface area contributed by atoms with E-state index in [1.807, 2.05) is 12.1 Å². The van der Waals surface area contributed by atoms with E-state index in [4.69, 9.17) is 14.7 Å². The van der Waals surface area contributed by atoms with Crippen LogP contribution in [0, 0.1) is 5.13 Å². The van der Waals surface area contributed by atoms with Gasteiger partial charge in [0.1, 0.15) is 0 Å². The maximum absolute atomic E-state index is 13.1. The lowest BCUT2D eigenvalue weighted by Crippen LogP contribution is -2.25. The highest BCUT2D eigenvalue weighted by Gasteiger charge is 2.21. The van der Waals surface area contributed by atoms with Gasteiger partial charge in [-0.3, -0.25) is 10.1 Å². The lowest BCUT2D eigenvalue weighted by atomic mass is 10.1. The van der Waals surface area contributed by atoms with Crippen molar-refractivity contribution in [2.24, 2.45) is 5.16 Å². The van der Waals surface area contributed by atoms with E-state index in [2.05, 4.69) is 15.5 Å². The molecule has 10 heteroatoms. The summed E-state index contributed by atoms with van der Waals surface area (Å²) in [6.45, 7) is 1.18. The van der Waals surface area contributed by atoms with Gasteiger partial charge in [-0.25, -0.2) is 4.98 Å². The summed E-state index contributed by atoms with van der Waals surface area (Å²) >= 11 is 2.35. The number of hydrogen-bond donors (Lipinski definition) is 2. The number of halogens is 1. The average Bonchev–Trinajstić information content (AvgIpc) is 3.35. The molecule has 1 aromatic carbocycles. The minimum atomic E-state index is -0.533. The Morgan fingerprint density at radius 1 is 1.46 bits per heavy atom. The van der Waals surface area contributed by atoms with Crippen molar-refractivity contribution in [1.29, 1.82) is 0 Å². The first-order valence-electron chi connectivity index (χ1n) is 8.74. The number of aliphatic hydroxyl groups excluding tert-OH is 1. The van der Waals surface area contributed by atoms with E-state index < -0.39 is 11.0 Å². The fourth-order valence-corrected chi connectivity index (χ4v) is 3.76. The van der Waals surface area contributed by atoms with Crippen molar-refractivity contribution in [3.05, 3.63) is 41.2 Å². The number of rotatable bonds is 9. The van der Waals surface area contributed by atoms with Crippen LogP contribution in [-0.4, -0.2) is 53.4 Å². The molecular formula is C18H20FN3O4S2. The maximum Gasteiger partial charge on any atom is 0.280 e. The Bertz CT molecular complexity index is 807. The highest BCUT2D eigenvalue weighted by Crippen LogP contribution is 2.21. The summed E-state index contributed by atoms with van der Waals surface area (Å²) in [6.07, 6.45) is 2.26. The van der Waals surface area contributed by atoms with Crippen molar-refractivity contribution in [1.82, 2.24) is 4.98 Å². The summed E-state index contributed by atoms with van der Waals surface area (Å²) in [4.78, 5) is 23.0. The fourth-order valence-electron chi connectivity index (χ4n) is 2.38. The van der Waals surface area contributed by atoms with Crippen LogP contribution in [0.5, 0.6) is 0 Å². The molecule has 1 fully saturated rings. The number of nitrogens with zero attached hydrogens (tertiary/aromatic N) is 2. The number of hydrogen-bond acceptors (Lipinski definition) is 8. The van der Waals surface area contributed by atoms with Crippen molar-refractivity contribution in [3.8, 4) is 0 Å². The van der Waals surface area contributed by atoms with Crippen LogP contribution in [0.25, 0.3) is 0 Å². The van der Waals surface area contributed by atoms with Crippen LogP contribution in [0.15, 0.2) is 40.5 Å². The number of aliphatic hydroxyl groups is 1. The zero-order valence-electron chi connectivity index (χ0n) is 15.0. The van der Waals surface area contributed by atoms with Gasteiger partial charge < -0.3 is 14.7 Å². The van der Waals surface area contributed by atoms with Gasteiger partial charge in [0.25, 0.3) is 5.91 Å². The molecule has 28 heavy (non-hydrogen) atoms. The molecule has 2 heterocycles. The summed E-state index contributed by atoms with van der Waals surface area (Å²) in [5.41, 5.74) is 0.648. The van der Waals surface area contributed by atoms with Gasteiger partial charge in [-0.1, -0.05) is 28.6 Å². The van der Waals surface area contributed by atoms with E-state index >= 15 is 0 Å². The number of anilines is 1. The quantitative estimate of drug-likeness (QED) is 0.278. The molecule has 1 atom stereocenters. The second-order valence-corrected chi connectivity index (χ2v) is 8.05. The Kier molecular flexibility index (Phi) is 7.78. The zero-order chi connectivity index (χ0) is 19.8. The van der Waals surface area contributed by atoms with Crippen LogP contribution in [0.1, 0.15) is 18.4 Å². The molecular weight excluding hydrogens is 405 g/mol. The van der Waals surface area contributed by atoms with Gasteiger partial charge in [0.15, 0.2) is 22.1 Å². The smallest absolute Gasteiger partial charge is 0.280 e. The van der Waals surface area contributed by atoms with Gasteiger partial charge in [-0.2, -0.15) is 4.39 Å². The number of nitrogens with one attached hydrogen (secondary N) is 1. The highest BCUT2D eigenvalue weighted by atomic mass is 32.2. The largest absolute Gasteiger partial charge is 0.396 e. The Labute approximate surface area is 169 Å². The third-order valence-electron chi connectivity index (χ3n) is 3.79. The number of aromatic nitrogens is 1. The molecule has 1 aliphatic heterocycles. The Balaban J connectivity index is 1.74. The Morgan fingerprint density at radius 3 is 2.93 bits per heavy atom. The lowest BCUT2D eigenvalue weighted by Gasteiger charge is -2.10. The zero-order valence-corrected chi connectivity index (χ0v) is 16.6. The predicted octanol–water partition coefficient (Wildman–Crippen LogP) is 2.91. The van der Waals surface area contributed by atoms with Crippen LogP contribution >= 0.6 is 23.1 Å². The molecule has 0 bridgehead atoms. The third-order valence-corrected chi connectivity index (χ3v) is 5.59. The molecule has 150 valence electrons. The number of carbonyl (C=O) groups excluding carboxylic acids is 1. The first-order chi connectivity index (χ1) is 13.7. The van der Waals surface area contributed by atoms with Gasteiger partial charge in [0.2, 0.25) is 0 Å². The molecule has 7 nitrogen and oxygen atoms in total. The SMILES string of the molecule is O=C(Nc1ncc(F)s1)/C(=N/O[C@@H]1CCOC1)c1ccc(SCCCO)cc1. The Hall–Kier alpha value is -2.01. The molecule has 0 unspecified atom stereocenters. The minimum absolute atomic E-state index is 0.0782. The van der Waals surface area contributed by atoms with Gasteiger partial charge in [0.05, 0.1) is 19.4 Å². The van der Waals surface area contributed by atoms with Crippen LogP contribution in [0.4, 0.5) is 9.52 Å². The molecule has 1 aliphatic rings. The lowest BCUT2D eigenvalue weighted by molar-refractivity contribution is -0.110. The van der Waals surface area contributed by atoms with Gasteiger partial charge in [-0.05, 0) is 18.6 Å². The molecule has 0 spiro atoms. The van der Waals surface area contributed by atoms with Crippen LogP contribution in [-0.2, 0) is 14.4 Å². The number of thiazole rings is 1. The molecule has 0 radical (unpaired) electrons. The predicted molar refractivity (Wildman–Crippen MR) is 106 cm³/mol. The topological polar surface area (TPSA) is 93.0 Å². The maximum atomic E-state index is 13.1. The number of carbonyl (C=O) groups is 1. The molecule has 3 rings (SSSR count). The summed E-state index contributed by atoms with van der Waals surface area (Å²) in [7, 11) is 0. The minimum Gasteiger partial charge on any atom is -0.396 e. The van der Waals surface area contributed by atoms with Crippen LogP contribution in [0.2, 0.25) is 0 Å². The summed E-state index contributed by atoms with van der Waals surface area (Å²) in [5, 5.41) is 15.1. The van der Waals surface area contributed by atoms with Gasteiger partial charge in [-0.15, -0.1) is 11.8 Å². The molecule has 2 aromatic rings.